The molecule has 2 fully saturated rings. The van der Waals surface area contributed by atoms with E-state index < -0.39 is 23.9 Å². The number of hydrogen-bond acceptors (Lipinski definition) is 5. The minimum absolute atomic E-state index is 0.0504. The number of Topliss-reactive ketones (excluding diaryl/α,β-unsaturated/α-hetero) is 1. The number of aromatic nitrogens is 2. The minimum atomic E-state index is -0.846. The first-order chi connectivity index (χ1) is 12.9. The number of carbonyl (C=O) groups is 4. The van der Waals surface area contributed by atoms with Gasteiger partial charge in [-0.2, -0.15) is 0 Å². The number of nitrogens with zero attached hydrogens (tertiary/aromatic N) is 2. The van der Waals surface area contributed by atoms with Crippen molar-refractivity contribution in [1.29, 1.82) is 0 Å². The summed E-state index contributed by atoms with van der Waals surface area (Å²) in [6.45, 7) is 2.30. The maximum Gasteiger partial charge on any atom is 0.246 e. The van der Waals surface area contributed by atoms with E-state index in [1.807, 2.05) is 6.92 Å². The first kappa shape index (κ1) is 19.1. The van der Waals surface area contributed by atoms with Crippen molar-refractivity contribution >= 4 is 23.5 Å². The van der Waals surface area contributed by atoms with Crippen LogP contribution in [0.15, 0.2) is 12.5 Å². The molecule has 0 bridgehead atoms. The molecule has 0 spiro atoms. The number of imidazole rings is 1. The summed E-state index contributed by atoms with van der Waals surface area (Å²) in [4.78, 5) is 57.4. The van der Waals surface area contributed by atoms with Gasteiger partial charge in [-0.3, -0.25) is 19.2 Å². The summed E-state index contributed by atoms with van der Waals surface area (Å²) < 4.78 is 0. The second-order valence-corrected chi connectivity index (χ2v) is 7.46. The van der Waals surface area contributed by atoms with Crippen molar-refractivity contribution < 1.29 is 19.2 Å². The molecule has 0 radical (unpaired) electrons. The van der Waals surface area contributed by atoms with Crippen LogP contribution in [-0.4, -0.2) is 57.0 Å². The van der Waals surface area contributed by atoms with Crippen molar-refractivity contribution in [2.24, 2.45) is 17.6 Å². The molecule has 3 rings (SSSR count). The van der Waals surface area contributed by atoms with Crippen LogP contribution >= 0.6 is 0 Å². The van der Waals surface area contributed by atoms with Crippen LogP contribution in [0.25, 0.3) is 0 Å². The highest BCUT2D eigenvalue weighted by Crippen LogP contribution is 2.29. The van der Waals surface area contributed by atoms with E-state index in [0.717, 1.165) is 0 Å². The first-order valence-corrected chi connectivity index (χ1v) is 9.26. The van der Waals surface area contributed by atoms with E-state index in [9.17, 15) is 19.2 Å². The molecule has 4 N–H and O–H groups in total. The van der Waals surface area contributed by atoms with Crippen LogP contribution in [0.2, 0.25) is 0 Å². The van der Waals surface area contributed by atoms with E-state index in [-0.39, 0.29) is 36.4 Å². The lowest BCUT2D eigenvalue weighted by Crippen LogP contribution is -2.54. The summed E-state index contributed by atoms with van der Waals surface area (Å²) in [6, 6.07) is -1.49. The van der Waals surface area contributed by atoms with Gasteiger partial charge in [-0.05, 0) is 18.8 Å². The number of likely N-dealkylation sites (tertiary alicyclic amines) is 1. The number of aromatic amines is 1. The molecule has 1 aliphatic carbocycles. The van der Waals surface area contributed by atoms with Gasteiger partial charge in [0.05, 0.1) is 6.33 Å². The first-order valence-electron chi connectivity index (χ1n) is 9.26. The van der Waals surface area contributed by atoms with Gasteiger partial charge in [0.1, 0.15) is 17.9 Å². The quantitative estimate of drug-likeness (QED) is 0.617. The molecule has 27 heavy (non-hydrogen) atoms. The summed E-state index contributed by atoms with van der Waals surface area (Å²) in [7, 11) is 0. The number of carbonyl (C=O) groups excluding carboxylic acids is 4. The number of nitrogens with one attached hydrogen (secondary N) is 2. The van der Waals surface area contributed by atoms with Gasteiger partial charge in [0.2, 0.25) is 17.7 Å². The van der Waals surface area contributed by atoms with Crippen molar-refractivity contribution in [3.63, 3.8) is 0 Å². The Morgan fingerprint density at radius 2 is 2.19 bits per heavy atom. The van der Waals surface area contributed by atoms with Crippen molar-refractivity contribution in [2.45, 2.75) is 51.1 Å². The van der Waals surface area contributed by atoms with Crippen LogP contribution in [0.5, 0.6) is 0 Å². The van der Waals surface area contributed by atoms with Crippen LogP contribution in [-0.2, 0) is 25.6 Å². The average molecular weight is 375 g/mol. The lowest BCUT2D eigenvalue weighted by molar-refractivity contribution is -0.141. The Bertz CT molecular complexity index is 732. The monoisotopic (exact) mass is 375 g/mol. The zero-order valence-corrected chi connectivity index (χ0v) is 15.3. The van der Waals surface area contributed by atoms with Crippen molar-refractivity contribution in [3.05, 3.63) is 18.2 Å². The van der Waals surface area contributed by atoms with Crippen molar-refractivity contribution in [3.8, 4) is 0 Å². The predicted octanol–water partition coefficient (Wildman–Crippen LogP) is -0.471. The fraction of sp³-hybridized carbons (Fsp3) is 0.611. The van der Waals surface area contributed by atoms with E-state index in [1.54, 1.807) is 6.20 Å². The highest BCUT2D eigenvalue weighted by Gasteiger charge is 2.40. The van der Waals surface area contributed by atoms with E-state index in [4.69, 9.17) is 5.73 Å². The van der Waals surface area contributed by atoms with E-state index in [1.165, 1.54) is 11.2 Å². The third-order valence-corrected chi connectivity index (χ3v) is 5.48. The number of hydrogen-bond donors (Lipinski definition) is 3. The Balaban J connectivity index is 1.76. The molecular formula is C18H25N5O4. The molecule has 2 heterocycles. The molecule has 3 amide bonds. The highest BCUT2D eigenvalue weighted by molar-refractivity contribution is 5.95. The average Bonchev–Trinajstić information content (AvgIpc) is 3.34. The van der Waals surface area contributed by atoms with Gasteiger partial charge >= 0.3 is 0 Å². The molecule has 2 aliphatic rings. The van der Waals surface area contributed by atoms with Crippen LogP contribution in [0.3, 0.4) is 0 Å². The third kappa shape index (κ3) is 4.17. The highest BCUT2D eigenvalue weighted by atomic mass is 16.2. The molecule has 4 unspecified atom stereocenters. The number of H-pyrrole nitrogens is 1. The molecule has 1 aromatic rings. The van der Waals surface area contributed by atoms with Gasteiger partial charge in [-0.15, -0.1) is 0 Å². The molecule has 0 aromatic carbocycles. The lowest BCUT2D eigenvalue weighted by Gasteiger charge is -2.28. The number of amides is 3. The Labute approximate surface area is 157 Å². The summed E-state index contributed by atoms with van der Waals surface area (Å²) >= 11 is 0. The van der Waals surface area contributed by atoms with Crippen LogP contribution < -0.4 is 11.1 Å². The Hall–Kier alpha value is -2.71. The standard InChI is InChI=1S/C18H25N5O4/c1-10-5-12(24)7-13(10)17(26)22-14(6-11-8-20-9-21-11)18(27)23-4-2-3-15(23)16(19)25/h8-10,13-15H,2-7H2,1H3,(H2,19,25)(H,20,21)(H,22,26). The molecular weight excluding hydrogens is 350 g/mol. The molecule has 4 atom stereocenters. The lowest BCUT2D eigenvalue weighted by atomic mass is 9.96. The smallest absolute Gasteiger partial charge is 0.246 e. The molecule has 146 valence electrons. The van der Waals surface area contributed by atoms with Crippen LogP contribution in [0, 0.1) is 11.8 Å². The van der Waals surface area contributed by atoms with E-state index in [0.29, 0.717) is 31.5 Å². The maximum absolute atomic E-state index is 13.1. The SMILES string of the molecule is CC1CC(=O)CC1C(=O)NC(Cc1cnc[nH]1)C(=O)N1CCCC1C(N)=O. The Morgan fingerprint density at radius 3 is 2.78 bits per heavy atom. The van der Waals surface area contributed by atoms with Crippen molar-refractivity contribution in [1.82, 2.24) is 20.2 Å². The number of ketones is 1. The molecule has 9 nitrogen and oxygen atoms in total. The van der Waals surface area contributed by atoms with Crippen molar-refractivity contribution in [2.75, 3.05) is 6.54 Å². The summed E-state index contributed by atoms with van der Waals surface area (Å²) in [5.41, 5.74) is 6.12. The molecule has 1 saturated heterocycles. The van der Waals surface area contributed by atoms with Crippen LogP contribution in [0.1, 0.15) is 38.3 Å². The van der Waals surface area contributed by atoms with Crippen LogP contribution in [0.4, 0.5) is 0 Å². The second kappa shape index (κ2) is 7.89. The number of nitrogens with two attached hydrogens (primary N) is 1. The minimum Gasteiger partial charge on any atom is -0.368 e. The predicted molar refractivity (Wildman–Crippen MR) is 95.0 cm³/mol. The van der Waals surface area contributed by atoms with Gasteiger partial charge in [0.15, 0.2) is 0 Å². The van der Waals surface area contributed by atoms with Gasteiger partial charge in [-0.25, -0.2) is 4.98 Å². The van der Waals surface area contributed by atoms with Gasteiger partial charge in [-0.1, -0.05) is 6.92 Å². The molecule has 1 aromatic heterocycles. The van der Waals surface area contributed by atoms with Gasteiger partial charge < -0.3 is 20.9 Å². The molecule has 1 aliphatic heterocycles. The summed E-state index contributed by atoms with van der Waals surface area (Å²) in [5.74, 6) is -1.60. The Kier molecular flexibility index (Phi) is 5.57. The number of rotatable bonds is 6. The topological polar surface area (TPSA) is 138 Å². The van der Waals surface area contributed by atoms with Gasteiger partial charge in [0.25, 0.3) is 0 Å². The zero-order chi connectivity index (χ0) is 19.6. The third-order valence-electron chi connectivity index (χ3n) is 5.48. The summed E-state index contributed by atoms with van der Waals surface area (Å²) in [5, 5.41) is 2.80. The fourth-order valence-electron chi connectivity index (χ4n) is 4.00. The largest absolute Gasteiger partial charge is 0.368 e. The summed E-state index contributed by atoms with van der Waals surface area (Å²) in [6.07, 6.45) is 5.11. The normalized spacial score (nSPS) is 26.2. The van der Waals surface area contributed by atoms with E-state index in [2.05, 4.69) is 15.3 Å². The second-order valence-electron chi connectivity index (χ2n) is 7.46. The van der Waals surface area contributed by atoms with E-state index >= 15 is 0 Å². The Morgan fingerprint density at radius 1 is 1.41 bits per heavy atom. The number of primary amides is 1. The zero-order valence-electron chi connectivity index (χ0n) is 15.3. The molecule has 9 heteroatoms. The fourth-order valence-corrected chi connectivity index (χ4v) is 4.00. The maximum atomic E-state index is 13.1. The van der Waals surface area contributed by atoms with Gasteiger partial charge in [0, 0.05) is 43.6 Å². The molecule has 1 saturated carbocycles.